The summed E-state index contributed by atoms with van der Waals surface area (Å²) >= 11 is 0. The normalized spacial score (nSPS) is 12.9. The van der Waals surface area contributed by atoms with Crippen LogP contribution in [0.3, 0.4) is 0 Å². The Morgan fingerprint density at radius 1 is 1.38 bits per heavy atom. The van der Waals surface area contributed by atoms with Gasteiger partial charge in [0.05, 0.1) is 11.0 Å². The van der Waals surface area contributed by atoms with Crippen LogP contribution in [0.1, 0.15) is 34.4 Å². The number of hydrogen-bond acceptors (Lipinski definition) is 5. The summed E-state index contributed by atoms with van der Waals surface area (Å²) in [6.07, 6.45) is 3.74. The Hall–Kier alpha value is -2.45. The zero-order chi connectivity index (χ0) is 20.1. The number of allylic oxidation sites excluding steroid dienone is 3. The summed E-state index contributed by atoms with van der Waals surface area (Å²) in [4.78, 5) is 4.28. The van der Waals surface area contributed by atoms with Gasteiger partial charge in [0.25, 0.3) is 0 Å². The van der Waals surface area contributed by atoms with Crippen molar-refractivity contribution in [3.63, 3.8) is 0 Å². The fourth-order valence-corrected chi connectivity index (χ4v) is 1.93. The van der Waals surface area contributed by atoms with Crippen molar-refractivity contribution in [3.05, 3.63) is 47.6 Å². The number of halogens is 2. The number of aryl methyl sites for hydroxylation is 1. The number of nitrogens with zero attached hydrogens (tertiary/aromatic N) is 2. The SMILES string of the molecule is CC/C(N)=C/C(=C\N)c1nc2cc(F)c(F)cc2n1C.COC(C)(C)O.[HH]. The molecule has 0 amide bonds. The standard InChI is InChI=1S/C14H16F2N4.C4H10O2.H2/c1-3-9(18)4-8(7-17)14-19-12-5-10(15)11(16)6-13(12)20(14)2;1-4(2,5)6-3;/h4-7H,3,17-18H2,1-2H3;5H,1-3H3;1H/b8-7+,9-4-;;. The van der Waals surface area contributed by atoms with Crippen LogP contribution >= 0.6 is 0 Å². The van der Waals surface area contributed by atoms with E-state index in [1.165, 1.54) is 13.3 Å². The zero-order valence-corrected chi connectivity index (χ0v) is 15.7. The van der Waals surface area contributed by atoms with E-state index in [1.54, 1.807) is 31.5 Å². The molecule has 1 heterocycles. The summed E-state index contributed by atoms with van der Waals surface area (Å²) in [6.45, 7) is 5.07. The molecule has 0 fully saturated rings. The lowest BCUT2D eigenvalue weighted by Gasteiger charge is -2.12. The van der Waals surface area contributed by atoms with Gasteiger partial charge in [0.1, 0.15) is 5.82 Å². The van der Waals surface area contributed by atoms with Crippen LogP contribution in [0.2, 0.25) is 0 Å². The quantitative estimate of drug-likeness (QED) is 0.567. The van der Waals surface area contributed by atoms with E-state index in [-0.39, 0.29) is 1.43 Å². The van der Waals surface area contributed by atoms with Crippen LogP contribution in [-0.4, -0.2) is 27.6 Å². The number of aliphatic hydroxyl groups is 1. The number of nitrogens with two attached hydrogens (primary N) is 2. The Bertz CT molecular complexity index is 827. The molecule has 2 rings (SSSR count). The zero-order valence-electron chi connectivity index (χ0n) is 15.7. The van der Waals surface area contributed by atoms with Gasteiger partial charge in [0, 0.05) is 45.2 Å². The highest BCUT2D eigenvalue weighted by atomic mass is 19.2. The average molecular weight is 370 g/mol. The lowest BCUT2D eigenvalue weighted by molar-refractivity contribution is -0.155. The van der Waals surface area contributed by atoms with Crippen LogP contribution in [0.15, 0.2) is 30.1 Å². The molecule has 26 heavy (non-hydrogen) atoms. The number of fused-ring (bicyclic) bond motifs is 1. The van der Waals surface area contributed by atoms with E-state index in [1.807, 2.05) is 6.92 Å². The van der Waals surface area contributed by atoms with Crippen LogP contribution < -0.4 is 11.5 Å². The lowest BCUT2D eigenvalue weighted by atomic mass is 10.2. The first-order chi connectivity index (χ1) is 12.0. The van der Waals surface area contributed by atoms with Crippen LogP contribution in [0, 0.1) is 11.6 Å². The Balaban J connectivity index is 0.000000842. The van der Waals surface area contributed by atoms with Gasteiger partial charge >= 0.3 is 0 Å². The Labute approximate surface area is 153 Å². The minimum atomic E-state index is -0.958. The highest BCUT2D eigenvalue weighted by Gasteiger charge is 2.14. The van der Waals surface area contributed by atoms with E-state index >= 15 is 0 Å². The predicted molar refractivity (Wildman–Crippen MR) is 101 cm³/mol. The molecule has 1 aromatic heterocycles. The predicted octanol–water partition coefficient (Wildman–Crippen LogP) is 3.01. The maximum atomic E-state index is 13.3. The minimum Gasteiger partial charge on any atom is -0.404 e. The van der Waals surface area contributed by atoms with Gasteiger partial charge in [-0.1, -0.05) is 6.92 Å². The van der Waals surface area contributed by atoms with Crippen molar-refractivity contribution in [2.45, 2.75) is 33.0 Å². The van der Waals surface area contributed by atoms with E-state index < -0.39 is 17.4 Å². The third-order valence-electron chi connectivity index (χ3n) is 3.61. The number of methoxy groups -OCH3 is 1. The van der Waals surface area contributed by atoms with Crippen molar-refractivity contribution in [1.29, 1.82) is 0 Å². The van der Waals surface area contributed by atoms with Crippen LogP contribution in [0.25, 0.3) is 16.6 Å². The monoisotopic (exact) mass is 370 g/mol. The molecular formula is C18H28F2N4O2. The van der Waals surface area contributed by atoms with Crippen molar-refractivity contribution in [2.75, 3.05) is 7.11 Å². The second-order valence-electron chi connectivity index (χ2n) is 6.10. The highest BCUT2D eigenvalue weighted by molar-refractivity contribution is 5.82. The molecular weight excluding hydrogens is 342 g/mol. The molecule has 8 heteroatoms. The second-order valence-corrected chi connectivity index (χ2v) is 6.10. The number of ether oxygens (including phenoxy) is 1. The molecule has 6 nitrogen and oxygen atoms in total. The first-order valence-corrected chi connectivity index (χ1v) is 8.01. The maximum absolute atomic E-state index is 13.3. The van der Waals surface area contributed by atoms with Gasteiger partial charge in [0.2, 0.25) is 0 Å². The summed E-state index contributed by atoms with van der Waals surface area (Å²) in [7, 11) is 3.17. The van der Waals surface area contributed by atoms with Gasteiger partial charge < -0.3 is 25.9 Å². The van der Waals surface area contributed by atoms with Gasteiger partial charge in [0.15, 0.2) is 17.4 Å². The summed E-state index contributed by atoms with van der Waals surface area (Å²) in [6, 6.07) is 2.18. The molecule has 0 aliphatic heterocycles. The molecule has 0 bridgehead atoms. The first kappa shape index (κ1) is 21.6. The van der Waals surface area contributed by atoms with Crippen molar-refractivity contribution in [2.24, 2.45) is 18.5 Å². The molecule has 5 N–H and O–H groups in total. The number of rotatable bonds is 4. The molecule has 0 aliphatic rings. The maximum Gasteiger partial charge on any atom is 0.161 e. The molecule has 0 unspecified atom stereocenters. The molecule has 1 aromatic carbocycles. The molecule has 0 saturated heterocycles. The highest BCUT2D eigenvalue weighted by Crippen LogP contribution is 2.23. The topological polar surface area (TPSA) is 99.3 Å². The fourth-order valence-electron chi connectivity index (χ4n) is 1.93. The summed E-state index contributed by atoms with van der Waals surface area (Å²) in [5.74, 6) is -2.29. The third-order valence-corrected chi connectivity index (χ3v) is 3.61. The molecule has 0 saturated carbocycles. The molecule has 0 atom stereocenters. The number of imidazole rings is 1. The van der Waals surface area contributed by atoms with E-state index in [0.29, 0.717) is 34.5 Å². The number of benzene rings is 1. The molecule has 2 aromatic rings. The van der Waals surface area contributed by atoms with Gasteiger partial charge in [-0.2, -0.15) is 0 Å². The summed E-state index contributed by atoms with van der Waals surface area (Å²) in [5.41, 5.74) is 13.5. The van der Waals surface area contributed by atoms with Gasteiger partial charge in [-0.05, 0) is 26.3 Å². The molecule has 146 valence electrons. The Morgan fingerprint density at radius 3 is 2.38 bits per heavy atom. The number of aromatic nitrogens is 2. The van der Waals surface area contributed by atoms with Gasteiger partial charge in [-0.25, -0.2) is 13.8 Å². The average Bonchev–Trinajstić information content (AvgIpc) is 2.89. The Morgan fingerprint density at radius 2 is 1.92 bits per heavy atom. The first-order valence-electron chi connectivity index (χ1n) is 8.01. The second kappa shape index (κ2) is 8.77. The van der Waals surface area contributed by atoms with Crippen LogP contribution in [0.5, 0.6) is 0 Å². The lowest BCUT2D eigenvalue weighted by Crippen LogP contribution is -2.20. The summed E-state index contributed by atoms with van der Waals surface area (Å²) < 4.78 is 32.7. The Kier molecular flexibility index (Phi) is 7.29. The largest absolute Gasteiger partial charge is 0.404 e. The van der Waals surface area contributed by atoms with Crippen molar-refractivity contribution in [3.8, 4) is 0 Å². The van der Waals surface area contributed by atoms with Crippen LogP contribution in [-0.2, 0) is 11.8 Å². The van der Waals surface area contributed by atoms with E-state index in [2.05, 4.69) is 9.72 Å². The minimum absolute atomic E-state index is 0. The van der Waals surface area contributed by atoms with E-state index in [4.69, 9.17) is 16.6 Å². The third kappa shape index (κ3) is 5.53. The molecule has 0 aliphatic carbocycles. The van der Waals surface area contributed by atoms with E-state index in [0.717, 1.165) is 12.1 Å². The smallest absolute Gasteiger partial charge is 0.161 e. The van der Waals surface area contributed by atoms with Gasteiger partial charge in [-0.15, -0.1) is 0 Å². The van der Waals surface area contributed by atoms with E-state index in [9.17, 15) is 8.78 Å². The molecule has 0 radical (unpaired) electrons. The van der Waals surface area contributed by atoms with Crippen molar-refractivity contribution >= 4 is 16.6 Å². The van der Waals surface area contributed by atoms with Crippen molar-refractivity contribution in [1.82, 2.24) is 9.55 Å². The van der Waals surface area contributed by atoms with Crippen molar-refractivity contribution < 1.29 is 20.1 Å². The van der Waals surface area contributed by atoms with Crippen LogP contribution in [0.4, 0.5) is 8.78 Å². The summed E-state index contributed by atoms with van der Waals surface area (Å²) in [5, 5.41) is 8.60. The van der Waals surface area contributed by atoms with Gasteiger partial charge in [-0.3, -0.25) is 0 Å². The number of hydrogen-bond donors (Lipinski definition) is 3. The molecule has 0 spiro atoms. The fraction of sp³-hybridized carbons (Fsp3) is 0.389.